The Kier molecular flexibility index (Phi) is 4.44. The van der Waals surface area contributed by atoms with Crippen molar-refractivity contribution in [2.75, 3.05) is 18.4 Å². The van der Waals surface area contributed by atoms with Crippen LogP contribution in [0.25, 0.3) is 0 Å². The summed E-state index contributed by atoms with van der Waals surface area (Å²) < 4.78 is 37.9. The Labute approximate surface area is 122 Å². The molecule has 0 saturated carbocycles. The number of nitrogens with one attached hydrogen (secondary N) is 1. The molecule has 2 atom stereocenters. The van der Waals surface area contributed by atoms with Crippen molar-refractivity contribution in [1.29, 1.82) is 0 Å². The second-order valence-electron chi connectivity index (χ2n) is 5.86. The molecule has 2 amide bonds. The van der Waals surface area contributed by atoms with Crippen LogP contribution in [0.5, 0.6) is 0 Å². The molecule has 3 nitrogen and oxygen atoms in total. The van der Waals surface area contributed by atoms with E-state index >= 15 is 0 Å². The van der Waals surface area contributed by atoms with Gasteiger partial charge in [-0.3, -0.25) is 0 Å². The van der Waals surface area contributed by atoms with Crippen molar-refractivity contribution in [2.45, 2.75) is 26.4 Å². The Morgan fingerprint density at radius 2 is 1.86 bits per heavy atom. The van der Waals surface area contributed by atoms with Crippen LogP contribution in [0.4, 0.5) is 23.7 Å². The number of carbonyl (C=O) groups excluding carboxylic acids is 1. The minimum Gasteiger partial charge on any atom is -0.324 e. The summed E-state index contributed by atoms with van der Waals surface area (Å²) in [6.07, 6.45) is -3.35. The molecular formula is C15H19F3N2O. The van der Waals surface area contributed by atoms with Gasteiger partial charge in [0.2, 0.25) is 0 Å². The van der Waals surface area contributed by atoms with Crippen molar-refractivity contribution >= 4 is 11.7 Å². The van der Waals surface area contributed by atoms with Gasteiger partial charge in [0, 0.05) is 18.8 Å². The van der Waals surface area contributed by atoms with E-state index in [1.54, 1.807) is 4.90 Å². The van der Waals surface area contributed by atoms with E-state index in [4.69, 9.17) is 0 Å². The van der Waals surface area contributed by atoms with Crippen LogP contribution < -0.4 is 5.32 Å². The molecule has 0 bridgehead atoms. The number of likely N-dealkylation sites (tertiary alicyclic amines) is 1. The highest BCUT2D eigenvalue weighted by Gasteiger charge is 2.31. The Hall–Kier alpha value is -1.72. The summed E-state index contributed by atoms with van der Waals surface area (Å²) in [7, 11) is 0. The van der Waals surface area contributed by atoms with Crippen molar-refractivity contribution in [1.82, 2.24) is 4.90 Å². The van der Waals surface area contributed by atoms with Crippen LogP contribution in [-0.4, -0.2) is 24.0 Å². The summed E-state index contributed by atoms with van der Waals surface area (Å²) in [4.78, 5) is 13.8. The number of nitrogens with zero attached hydrogens (tertiary/aromatic N) is 1. The Morgan fingerprint density at radius 1 is 1.24 bits per heavy atom. The van der Waals surface area contributed by atoms with Gasteiger partial charge in [0.05, 0.1) is 5.56 Å². The molecule has 0 spiro atoms. The molecule has 0 aromatic heterocycles. The fourth-order valence-corrected chi connectivity index (χ4v) is 2.80. The number of hydrogen-bond acceptors (Lipinski definition) is 1. The summed E-state index contributed by atoms with van der Waals surface area (Å²) in [5.74, 6) is 0.807. The average Bonchev–Trinajstić information content (AvgIpc) is 2.37. The van der Waals surface area contributed by atoms with Crippen LogP contribution in [-0.2, 0) is 6.18 Å². The maximum atomic E-state index is 12.6. The molecule has 0 aliphatic carbocycles. The third kappa shape index (κ3) is 4.12. The smallest absolute Gasteiger partial charge is 0.324 e. The van der Waals surface area contributed by atoms with Gasteiger partial charge in [-0.1, -0.05) is 19.9 Å². The third-order valence-electron chi connectivity index (χ3n) is 3.60. The van der Waals surface area contributed by atoms with Gasteiger partial charge in [0.1, 0.15) is 0 Å². The molecule has 6 heteroatoms. The molecule has 21 heavy (non-hydrogen) atoms. The lowest BCUT2D eigenvalue weighted by Gasteiger charge is -2.34. The van der Waals surface area contributed by atoms with Gasteiger partial charge in [-0.05, 0) is 36.5 Å². The third-order valence-corrected chi connectivity index (χ3v) is 3.60. The first kappa shape index (κ1) is 15.7. The van der Waals surface area contributed by atoms with E-state index in [0.29, 0.717) is 24.9 Å². The minimum atomic E-state index is -4.41. The summed E-state index contributed by atoms with van der Waals surface area (Å²) in [5.41, 5.74) is -0.596. The summed E-state index contributed by atoms with van der Waals surface area (Å²) in [6, 6.07) is 4.35. The van der Waals surface area contributed by atoms with Crippen LogP contribution in [0.15, 0.2) is 24.3 Å². The zero-order chi connectivity index (χ0) is 15.6. The van der Waals surface area contributed by atoms with Gasteiger partial charge in [0.25, 0.3) is 0 Å². The van der Waals surface area contributed by atoms with Crippen molar-refractivity contribution in [3.05, 3.63) is 29.8 Å². The molecule has 1 saturated heterocycles. The predicted octanol–water partition coefficient (Wildman–Crippen LogP) is 4.22. The van der Waals surface area contributed by atoms with E-state index in [1.165, 1.54) is 12.1 Å². The molecule has 1 N–H and O–H groups in total. The predicted molar refractivity (Wildman–Crippen MR) is 75.0 cm³/mol. The van der Waals surface area contributed by atoms with E-state index in [9.17, 15) is 18.0 Å². The van der Waals surface area contributed by atoms with E-state index < -0.39 is 11.7 Å². The first-order valence-corrected chi connectivity index (χ1v) is 6.99. The number of rotatable bonds is 1. The number of alkyl halides is 3. The highest BCUT2D eigenvalue weighted by Crippen LogP contribution is 2.31. The van der Waals surface area contributed by atoms with Gasteiger partial charge in [-0.15, -0.1) is 0 Å². The van der Waals surface area contributed by atoms with Gasteiger partial charge in [-0.2, -0.15) is 13.2 Å². The van der Waals surface area contributed by atoms with Crippen LogP contribution in [0.1, 0.15) is 25.8 Å². The number of halogens is 3. The largest absolute Gasteiger partial charge is 0.416 e. The molecule has 1 fully saturated rings. The van der Waals surface area contributed by atoms with E-state index in [0.717, 1.165) is 18.6 Å². The molecule has 2 rings (SSSR count). The number of benzene rings is 1. The topological polar surface area (TPSA) is 32.3 Å². The quantitative estimate of drug-likeness (QED) is 0.827. The van der Waals surface area contributed by atoms with E-state index in [2.05, 4.69) is 19.2 Å². The van der Waals surface area contributed by atoms with Crippen molar-refractivity contribution in [3.63, 3.8) is 0 Å². The van der Waals surface area contributed by atoms with Gasteiger partial charge in [0.15, 0.2) is 0 Å². The molecule has 1 aromatic rings. The van der Waals surface area contributed by atoms with E-state index in [-0.39, 0.29) is 11.7 Å². The lowest BCUT2D eigenvalue weighted by atomic mass is 9.92. The number of anilines is 1. The Balaban J connectivity index is 2.06. The second kappa shape index (κ2) is 5.95. The molecule has 2 unspecified atom stereocenters. The lowest BCUT2D eigenvalue weighted by molar-refractivity contribution is -0.137. The molecule has 1 aliphatic rings. The first-order chi connectivity index (χ1) is 9.75. The lowest BCUT2D eigenvalue weighted by Crippen LogP contribution is -2.44. The highest BCUT2D eigenvalue weighted by molar-refractivity contribution is 5.89. The molecule has 116 valence electrons. The summed E-state index contributed by atoms with van der Waals surface area (Å²) in [6.45, 7) is 5.41. The van der Waals surface area contributed by atoms with Crippen LogP contribution in [0.3, 0.4) is 0 Å². The van der Waals surface area contributed by atoms with Gasteiger partial charge >= 0.3 is 12.2 Å². The molecule has 0 radical (unpaired) electrons. The fraction of sp³-hybridized carbons (Fsp3) is 0.533. The fourth-order valence-electron chi connectivity index (χ4n) is 2.80. The number of hydrogen-bond donors (Lipinski definition) is 1. The van der Waals surface area contributed by atoms with E-state index in [1.807, 2.05) is 0 Å². The molecular weight excluding hydrogens is 281 g/mol. The number of carbonyl (C=O) groups is 1. The average molecular weight is 300 g/mol. The SMILES string of the molecule is CC1CC(C)CN(C(=O)Nc2cccc(C(F)(F)F)c2)C1. The minimum absolute atomic E-state index is 0.167. The van der Waals surface area contributed by atoms with Gasteiger partial charge in [-0.25, -0.2) is 4.79 Å². The Bertz CT molecular complexity index is 506. The molecule has 1 aliphatic heterocycles. The number of urea groups is 1. The Morgan fingerprint density at radius 3 is 2.43 bits per heavy atom. The maximum Gasteiger partial charge on any atom is 0.416 e. The molecule has 1 aromatic carbocycles. The normalized spacial score (nSPS) is 23.0. The molecule has 1 heterocycles. The van der Waals surface area contributed by atoms with Crippen LogP contribution in [0, 0.1) is 11.8 Å². The first-order valence-electron chi connectivity index (χ1n) is 6.99. The van der Waals surface area contributed by atoms with Crippen molar-refractivity contribution in [3.8, 4) is 0 Å². The zero-order valence-corrected chi connectivity index (χ0v) is 12.1. The zero-order valence-electron chi connectivity index (χ0n) is 12.1. The maximum absolute atomic E-state index is 12.6. The highest BCUT2D eigenvalue weighted by atomic mass is 19.4. The summed E-state index contributed by atoms with van der Waals surface area (Å²) in [5, 5.41) is 2.55. The van der Waals surface area contributed by atoms with Crippen LogP contribution in [0.2, 0.25) is 0 Å². The van der Waals surface area contributed by atoms with Crippen molar-refractivity contribution < 1.29 is 18.0 Å². The number of amides is 2. The second-order valence-corrected chi connectivity index (χ2v) is 5.86. The monoisotopic (exact) mass is 300 g/mol. The van der Waals surface area contributed by atoms with Gasteiger partial charge < -0.3 is 10.2 Å². The van der Waals surface area contributed by atoms with Crippen molar-refractivity contribution in [2.24, 2.45) is 11.8 Å². The summed E-state index contributed by atoms with van der Waals surface area (Å²) >= 11 is 0. The standard InChI is InChI=1S/C15H19F3N2O/c1-10-6-11(2)9-20(8-10)14(21)19-13-5-3-4-12(7-13)15(16,17)18/h3-5,7,10-11H,6,8-9H2,1-2H3,(H,19,21). The van der Waals surface area contributed by atoms with Crippen LogP contribution >= 0.6 is 0 Å². The number of piperidine rings is 1.